The van der Waals surface area contributed by atoms with Gasteiger partial charge in [0.25, 0.3) is 5.91 Å². The minimum Gasteiger partial charge on any atom is -0.490 e. The van der Waals surface area contributed by atoms with Crippen LogP contribution in [-0.4, -0.2) is 42.2 Å². The van der Waals surface area contributed by atoms with Crippen molar-refractivity contribution in [2.45, 2.75) is 64.0 Å². The van der Waals surface area contributed by atoms with Crippen molar-refractivity contribution in [3.05, 3.63) is 40.9 Å². The van der Waals surface area contributed by atoms with Gasteiger partial charge in [0, 0.05) is 18.8 Å². The number of anilines is 3. The predicted molar refractivity (Wildman–Crippen MR) is 143 cm³/mol. The molecule has 3 aliphatic rings. The predicted octanol–water partition coefficient (Wildman–Crippen LogP) is 5.48. The van der Waals surface area contributed by atoms with Gasteiger partial charge >= 0.3 is 6.03 Å². The monoisotopic (exact) mass is 505 g/mol. The van der Waals surface area contributed by atoms with Gasteiger partial charge in [-0.1, -0.05) is 6.42 Å². The van der Waals surface area contributed by atoms with E-state index >= 15 is 0 Å². The Morgan fingerprint density at radius 1 is 1.14 bits per heavy atom. The number of ether oxygens (including phenoxy) is 1. The van der Waals surface area contributed by atoms with Gasteiger partial charge in [0.1, 0.15) is 15.5 Å². The number of carbonyl (C=O) groups excluding carboxylic acids is 2. The summed E-state index contributed by atoms with van der Waals surface area (Å²) in [6, 6.07) is 7.55. The van der Waals surface area contributed by atoms with E-state index in [4.69, 9.17) is 4.74 Å². The number of nitrogens with zero attached hydrogens (tertiary/aromatic N) is 2. The van der Waals surface area contributed by atoms with Gasteiger partial charge in [-0.25, -0.2) is 9.78 Å². The first kappa shape index (κ1) is 23.2. The van der Waals surface area contributed by atoms with Crippen molar-refractivity contribution in [1.82, 2.24) is 15.6 Å². The van der Waals surface area contributed by atoms with Crippen LogP contribution in [-0.2, 0) is 0 Å². The molecular formula is C27H31N5O3S. The zero-order valence-electron chi connectivity index (χ0n) is 20.4. The Balaban J connectivity index is 1.31. The molecule has 0 spiro atoms. The maximum absolute atomic E-state index is 13.4. The molecule has 1 saturated carbocycles. The number of thiophene rings is 1. The van der Waals surface area contributed by atoms with Crippen LogP contribution in [0.2, 0.25) is 0 Å². The first-order chi connectivity index (χ1) is 17.6. The van der Waals surface area contributed by atoms with Crippen molar-refractivity contribution in [2.24, 2.45) is 0 Å². The third-order valence-corrected chi connectivity index (χ3v) is 8.44. The molecule has 1 aromatic carbocycles. The number of pyridine rings is 1. The number of aryl methyl sites for hydroxylation is 1. The Hall–Kier alpha value is -3.17. The number of hydrogen-bond acceptors (Lipinski definition) is 6. The Bertz CT molecular complexity index is 1310. The fraction of sp³-hybridized carbons (Fsp3) is 0.444. The van der Waals surface area contributed by atoms with Crippen LogP contribution in [0, 0.1) is 6.92 Å². The lowest BCUT2D eigenvalue weighted by molar-refractivity contribution is 0.0935. The van der Waals surface area contributed by atoms with Crippen LogP contribution in [0.1, 0.15) is 60.2 Å². The first-order valence-corrected chi connectivity index (χ1v) is 13.7. The number of benzene rings is 1. The van der Waals surface area contributed by atoms with E-state index < -0.39 is 0 Å². The molecule has 36 heavy (non-hydrogen) atoms. The molecular weight excluding hydrogens is 474 g/mol. The zero-order valence-corrected chi connectivity index (χ0v) is 21.2. The Kier molecular flexibility index (Phi) is 6.27. The SMILES string of the molecule is Cc1cc(OC2CCCCC2)ccc1N1C(=O)Nc2c(C(=O)NC3CCCNC3)sc3nccc1c23. The summed E-state index contributed by atoms with van der Waals surface area (Å²) < 4.78 is 6.23. The van der Waals surface area contributed by atoms with Crippen LogP contribution in [0.5, 0.6) is 5.75 Å². The van der Waals surface area contributed by atoms with Crippen molar-refractivity contribution in [3.8, 4) is 5.75 Å². The molecule has 9 heteroatoms. The molecule has 3 N–H and O–H groups in total. The average molecular weight is 506 g/mol. The summed E-state index contributed by atoms with van der Waals surface area (Å²) in [5.74, 6) is 0.676. The highest BCUT2D eigenvalue weighted by atomic mass is 32.1. The molecule has 0 radical (unpaired) electrons. The van der Waals surface area contributed by atoms with E-state index in [-0.39, 0.29) is 24.1 Å². The molecule has 8 nitrogen and oxygen atoms in total. The summed E-state index contributed by atoms with van der Waals surface area (Å²) in [5.41, 5.74) is 3.02. The second kappa shape index (κ2) is 9.71. The van der Waals surface area contributed by atoms with Gasteiger partial charge in [0.05, 0.1) is 28.6 Å². The zero-order chi connectivity index (χ0) is 24.6. The van der Waals surface area contributed by atoms with Gasteiger partial charge in [-0.15, -0.1) is 11.3 Å². The van der Waals surface area contributed by atoms with Crippen LogP contribution in [0.15, 0.2) is 30.5 Å². The second-order valence-corrected chi connectivity index (χ2v) is 10.9. The molecule has 0 bridgehead atoms. The molecule has 3 amide bonds. The summed E-state index contributed by atoms with van der Waals surface area (Å²) in [4.78, 5) is 34.0. The Morgan fingerprint density at radius 2 is 2.00 bits per heavy atom. The van der Waals surface area contributed by atoms with E-state index in [0.717, 1.165) is 71.7 Å². The van der Waals surface area contributed by atoms with Crippen molar-refractivity contribution in [2.75, 3.05) is 23.3 Å². The van der Waals surface area contributed by atoms with Gasteiger partial charge in [0.2, 0.25) is 0 Å². The molecule has 188 valence electrons. The van der Waals surface area contributed by atoms with Gasteiger partial charge in [0.15, 0.2) is 0 Å². The first-order valence-electron chi connectivity index (χ1n) is 12.9. The quantitative estimate of drug-likeness (QED) is 0.427. The molecule has 1 atom stereocenters. The normalized spacial score (nSPS) is 20.3. The molecule has 2 aliphatic heterocycles. The van der Waals surface area contributed by atoms with Crippen LogP contribution in [0.25, 0.3) is 10.2 Å². The third kappa shape index (κ3) is 4.30. The molecule has 4 heterocycles. The van der Waals surface area contributed by atoms with E-state index in [1.165, 1.54) is 30.6 Å². The average Bonchev–Trinajstić information content (AvgIpc) is 3.26. The second-order valence-electron chi connectivity index (χ2n) is 9.92. The summed E-state index contributed by atoms with van der Waals surface area (Å²) in [6.45, 7) is 3.73. The Morgan fingerprint density at radius 3 is 2.78 bits per heavy atom. The molecule has 1 aliphatic carbocycles. The number of hydrogen-bond donors (Lipinski definition) is 3. The van der Waals surface area contributed by atoms with Crippen molar-refractivity contribution in [1.29, 1.82) is 0 Å². The van der Waals surface area contributed by atoms with E-state index in [0.29, 0.717) is 10.6 Å². The van der Waals surface area contributed by atoms with Gasteiger partial charge in [-0.3, -0.25) is 9.69 Å². The summed E-state index contributed by atoms with van der Waals surface area (Å²) in [7, 11) is 0. The highest BCUT2D eigenvalue weighted by Gasteiger charge is 2.34. The third-order valence-electron chi connectivity index (χ3n) is 7.35. The van der Waals surface area contributed by atoms with E-state index in [9.17, 15) is 9.59 Å². The maximum Gasteiger partial charge on any atom is 0.331 e. The number of urea groups is 1. The van der Waals surface area contributed by atoms with Crippen LogP contribution in [0.3, 0.4) is 0 Å². The van der Waals surface area contributed by atoms with Crippen molar-refractivity contribution < 1.29 is 14.3 Å². The molecule has 2 aromatic heterocycles. The van der Waals surface area contributed by atoms with E-state index in [2.05, 4.69) is 20.9 Å². The fourth-order valence-electron chi connectivity index (χ4n) is 5.54. The largest absolute Gasteiger partial charge is 0.490 e. The lowest BCUT2D eigenvalue weighted by Crippen LogP contribution is -2.45. The van der Waals surface area contributed by atoms with Crippen molar-refractivity contribution >= 4 is 50.6 Å². The molecule has 3 aromatic rings. The lowest BCUT2D eigenvalue weighted by Gasteiger charge is -2.30. The van der Waals surface area contributed by atoms with Crippen molar-refractivity contribution in [3.63, 3.8) is 0 Å². The topological polar surface area (TPSA) is 95.6 Å². The van der Waals surface area contributed by atoms with Gasteiger partial charge in [-0.2, -0.15) is 0 Å². The van der Waals surface area contributed by atoms with Gasteiger partial charge < -0.3 is 20.7 Å². The molecule has 1 saturated heterocycles. The minimum absolute atomic E-state index is 0.0869. The smallest absolute Gasteiger partial charge is 0.331 e. The Labute approximate surface area is 214 Å². The fourth-order valence-corrected chi connectivity index (χ4v) is 6.56. The van der Waals surface area contributed by atoms with Crippen LogP contribution >= 0.6 is 11.3 Å². The number of amides is 3. The maximum atomic E-state index is 13.4. The molecule has 2 fully saturated rings. The lowest BCUT2D eigenvalue weighted by atomic mass is 9.98. The summed E-state index contributed by atoms with van der Waals surface area (Å²) in [5, 5.41) is 10.2. The molecule has 6 rings (SSSR count). The van der Waals surface area contributed by atoms with E-state index in [1.54, 1.807) is 11.1 Å². The standard InChI is InChI=1S/C27H31N5O3S/c1-16-14-19(35-18-7-3-2-4-8-18)9-10-20(16)32-21-11-13-29-26-22(21)23(31-27(32)34)24(36-26)25(33)30-17-6-5-12-28-15-17/h9-11,13-14,17-18,28H,2-8,12,15H2,1H3,(H,30,33)(H,31,34). The number of nitrogens with one attached hydrogen (secondary N) is 3. The summed E-state index contributed by atoms with van der Waals surface area (Å²) in [6.07, 6.45) is 9.86. The molecule has 1 unspecified atom stereocenters. The number of aromatic nitrogens is 1. The number of rotatable bonds is 5. The van der Waals surface area contributed by atoms with E-state index in [1.807, 2.05) is 31.2 Å². The highest BCUT2D eigenvalue weighted by Crippen LogP contribution is 2.46. The van der Waals surface area contributed by atoms with Crippen LogP contribution in [0.4, 0.5) is 21.9 Å². The highest BCUT2D eigenvalue weighted by molar-refractivity contribution is 7.21. The summed E-state index contributed by atoms with van der Waals surface area (Å²) >= 11 is 1.32. The van der Waals surface area contributed by atoms with Gasteiger partial charge in [-0.05, 0) is 81.8 Å². The number of carbonyl (C=O) groups is 2. The minimum atomic E-state index is -0.286. The number of piperidine rings is 1. The van der Waals surface area contributed by atoms with Crippen LogP contribution < -0.4 is 25.6 Å².